The summed E-state index contributed by atoms with van der Waals surface area (Å²) >= 11 is 0. The zero-order valence-corrected chi connectivity index (χ0v) is 15.6. The maximum Gasteiger partial charge on any atom is 0.232 e. The van der Waals surface area contributed by atoms with Crippen LogP contribution in [0.4, 0.5) is 5.69 Å². The van der Waals surface area contributed by atoms with E-state index in [1.165, 1.54) is 4.31 Å². The van der Waals surface area contributed by atoms with Crippen LogP contribution < -0.4 is 19.1 Å². The molecule has 2 rings (SSSR count). The molecule has 1 aliphatic rings. The summed E-state index contributed by atoms with van der Waals surface area (Å²) in [6.45, 7) is 1.64. The number of nitrogens with zero attached hydrogens (tertiary/aromatic N) is 2. The van der Waals surface area contributed by atoms with E-state index >= 15 is 0 Å². The van der Waals surface area contributed by atoms with Crippen LogP contribution in [0, 0.1) is 0 Å². The summed E-state index contributed by atoms with van der Waals surface area (Å²) in [5.41, 5.74) is 0.451. The summed E-state index contributed by atoms with van der Waals surface area (Å²) in [4.78, 5) is 14.0. The molecule has 0 fully saturated rings. The van der Waals surface area contributed by atoms with Crippen LogP contribution >= 0.6 is 0 Å². The predicted molar refractivity (Wildman–Crippen MR) is 95.6 cm³/mol. The average Bonchev–Trinajstić information content (AvgIpc) is 2.98. The van der Waals surface area contributed by atoms with Gasteiger partial charge < -0.3 is 19.7 Å². The van der Waals surface area contributed by atoms with Crippen LogP contribution in [0.3, 0.4) is 0 Å². The number of amides is 1. The molecule has 0 spiro atoms. The first kappa shape index (κ1) is 19.3. The van der Waals surface area contributed by atoms with Crippen molar-refractivity contribution in [2.45, 2.75) is 12.8 Å². The fourth-order valence-electron chi connectivity index (χ4n) is 2.44. The van der Waals surface area contributed by atoms with Gasteiger partial charge in [-0.25, -0.2) is 8.42 Å². The minimum Gasteiger partial charge on any atom is -0.454 e. The molecule has 8 nitrogen and oxygen atoms in total. The summed E-state index contributed by atoms with van der Waals surface area (Å²) in [6, 6.07) is 4.92. The molecule has 0 bridgehead atoms. The molecule has 1 amide bonds. The van der Waals surface area contributed by atoms with Gasteiger partial charge in [-0.1, -0.05) is 0 Å². The quantitative estimate of drug-likeness (QED) is 0.641. The lowest BCUT2D eigenvalue weighted by Gasteiger charge is -2.22. The Bertz CT molecular complexity index is 706. The molecule has 0 atom stereocenters. The fourth-order valence-corrected chi connectivity index (χ4v) is 3.36. The van der Waals surface area contributed by atoms with E-state index in [9.17, 15) is 13.2 Å². The molecule has 140 valence electrons. The highest BCUT2D eigenvalue weighted by molar-refractivity contribution is 7.92. The summed E-state index contributed by atoms with van der Waals surface area (Å²) in [6.07, 6.45) is 2.05. The maximum absolute atomic E-state index is 12.1. The second kappa shape index (κ2) is 8.39. The molecule has 1 aromatic rings. The second-order valence-electron chi connectivity index (χ2n) is 6.13. The molecule has 1 aliphatic heterocycles. The number of nitrogens with one attached hydrogen (secondary N) is 1. The van der Waals surface area contributed by atoms with E-state index in [2.05, 4.69) is 5.32 Å². The van der Waals surface area contributed by atoms with E-state index < -0.39 is 10.0 Å². The molecule has 1 heterocycles. The first-order valence-corrected chi connectivity index (χ1v) is 9.91. The number of hydrogen-bond donors (Lipinski definition) is 1. The van der Waals surface area contributed by atoms with Gasteiger partial charge in [0.05, 0.1) is 11.9 Å². The topological polar surface area (TPSA) is 88.2 Å². The van der Waals surface area contributed by atoms with Crippen molar-refractivity contribution < 1.29 is 22.7 Å². The van der Waals surface area contributed by atoms with Gasteiger partial charge in [0.1, 0.15) is 0 Å². The van der Waals surface area contributed by atoms with Gasteiger partial charge >= 0.3 is 0 Å². The van der Waals surface area contributed by atoms with Gasteiger partial charge in [0.2, 0.25) is 22.7 Å². The third-order valence-electron chi connectivity index (χ3n) is 3.69. The van der Waals surface area contributed by atoms with E-state index in [1.54, 1.807) is 18.2 Å². The smallest absolute Gasteiger partial charge is 0.232 e. The van der Waals surface area contributed by atoms with Crippen LogP contribution in [0.15, 0.2) is 18.2 Å². The van der Waals surface area contributed by atoms with Crippen molar-refractivity contribution >= 4 is 21.6 Å². The number of carbonyl (C=O) groups is 1. The molecule has 1 N–H and O–H groups in total. The highest BCUT2D eigenvalue weighted by Gasteiger charge is 2.22. The Hall–Kier alpha value is -2.00. The summed E-state index contributed by atoms with van der Waals surface area (Å²) in [7, 11) is 0.422. The molecule has 0 unspecified atom stereocenters. The van der Waals surface area contributed by atoms with Gasteiger partial charge in [0.25, 0.3) is 0 Å². The van der Waals surface area contributed by atoms with Crippen LogP contribution in [0.2, 0.25) is 0 Å². The van der Waals surface area contributed by atoms with Crippen molar-refractivity contribution in [2.75, 3.05) is 51.1 Å². The lowest BCUT2D eigenvalue weighted by molar-refractivity contribution is -0.120. The maximum atomic E-state index is 12.1. The molecule has 0 saturated heterocycles. The van der Waals surface area contributed by atoms with E-state index in [4.69, 9.17) is 9.47 Å². The Morgan fingerprint density at radius 1 is 1.20 bits per heavy atom. The van der Waals surface area contributed by atoms with E-state index in [0.717, 1.165) is 19.2 Å². The number of rotatable bonds is 9. The van der Waals surface area contributed by atoms with Crippen molar-refractivity contribution in [3.8, 4) is 11.5 Å². The van der Waals surface area contributed by atoms with Crippen LogP contribution in [0.25, 0.3) is 0 Å². The molecule has 0 aromatic heterocycles. The standard InChI is InChI=1S/C16H25N3O5S/c1-18(2)9-4-8-17-16(20)7-10-19(25(3,21)22)13-5-6-14-15(11-13)24-12-23-14/h5-6,11H,4,7-10,12H2,1-3H3,(H,17,20). The Labute approximate surface area is 148 Å². The third-order valence-corrected chi connectivity index (χ3v) is 4.88. The second-order valence-corrected chi connectivity index (χ2v) is 8.04. The summed E-state index contributed by atoms with van der Waals surface area (Å²) in [5.74, 6) is 0.906. The fraction of sp³-hybridized carbons (Fsp3) is 0.562. The van der Waals surface area contributed by atoms with Gasteiger partial charge in [-0.2, -0.15) is 0 Å². The molecule has 25 heavy (non-hydrogen) atoms. The number of fused-ring (bicyclic) bond motifs is 1. The highest BCUT2D eigenvalue weighted by atomic mass is 32.2. The minimum absolute atomic E-state index is 0.0675. The number of benzene rings is 1. The van der Waals surface area contributed by atoms with Gasteiger partial charge in [-0.15, -0.1) is 0 Å². The lowest BCUT2D eigenvalue weighted by Crippen LogP contribution is -2.35. The Kier molecular flexibility index (Phi) is 6.49. The summed E-state index contributed by atoms with van der Waals surface area (Å²) in [5, 5.41) is 2.81. The first-order valence-electron chi connectivity index (χ1n) is 8.06. The Morgan fingerprint density at radius 3 is 2.60 bits per heavy atom. The lowest BCUT2D eigenvalue weighted by atomic mass is 10.2. The minimum atomic E-state index is -3.52. The first-order chi connectivity index (χ1) is 11.8. The van der Waals surface area contributed by atoms with Crippen LogP contribution in [0.5, 0.6) is 11.5 Å². The molecular weight excluding hydrogens is 346 g/mol. The van der Waals surface area contributed by atoms with Crippen molar-refractivity contribution in [2.24, 2.45) is 0 Å². The Balaban J connectivity index is 1.94. The molecular formula is C16H25N3O5S. The molecule has 0 aliphatic carbocycles. The van der Waals surface area contributed by atoms with Crippen molar-refractivity contribution in [3.05, 3.63) is 18.2 Å². The number of hydrogen-bond acceptors (Lipinski definition) is 6. The third kappa shape index (κ3) is 5.79. The SMILES string of the molecule is CN(C)CCCNC(=O)CCN(c1ccc2c(c1)OCO2)S(C)(=O)=O. The normalized spacial score (nSPS) is 13.1. The zero-order valence-electron chi connectivity index (χ0n) is 14.8. The van der Waals surface area contributed by atoms with Gasteiger partial charge in [0.15, 0.2) is 11.5 Å². The molecule has 1 aromatic carbocycles. The summed E-state index contributed by atoms with van der Waals surface area (Å²) < 4.78 is 35.9. The van der Waals surface area contributed by atoms with E-state index in [1.807, 2.05) is 19.0 Å². The van der Waals surface area contributed by atoms with E-state index in [0.29, 0.717) is 23.7 Å². The average molecular weight is 371 g/mol. The van der Waals surface area contributed by atoms with E-state index in [-0.39, 0.29) is 25.7 Å². The highest BCUT2D eigenvalue weighted by Crippen LogP contribution is 2.36. The van der Waals surface area contributed by atoms with Crippen LogP contribution in [0.1, 0.15) is 12.8 Å². The molecule has 0 saturated carbocycles. The van der Waals surface area contributed by atoms with Crippen LogP contribution in [-0.4, -0.2) is 66.0 Å². The van der Waals surface area contributed by atoms with Gasteiger partial charge in [-0.05, 0) is 39.2 Å². The largest absolute Gasteiger partial charge is 0.454 e. The number of sulfonamides is 1. The number of carbonyl (C=O) groups excluding carboxylic acids is 1. The van der Waals surface area contributed by atoms with Gasteiger partial charge in [0, 0.05) is 25.6 Å². The van der Waals surface area contributed by atoms with Crippen molar-refractivity contribution in [1.82, 2.24) is 10.2 Å². The molecule has 9 heteroatoms. The van der Waals surface area contributed by atoms with Gasteiger partial charge in [-0.3, -0.25) is 9.10 Å². The number of anilines is 1. The molecule has 0 radical (unpaired) electrons. The van der Waals surface area contributed by atoms with Crippen molar-refractivity contribution in [3.63, 3.8) is 0 Å². The van der Waals surface area contributed by atoms with Crippen LogP contribution in [-0.2, 0) is 14.8 Å². The Morgan fingerprint density at radius 2 is 1.92 bits per heavy atom. The van der Waals surface area contributed by atoms with Crippen molar-refractivity contribution in [1.29, 1.82) is 0 Å². The number of ether oxygens (including phenoxy) is 2. The zero-order chi connectivity index (χ0) is 18.4. The monoisotopic (exact) mass is 371 g/mol. The predicted octanol–water partition coefficient (Wildman–Crippen LogP) is 0.639.